The van der Waals surface area contributed by atoms with E-state index in [0.717, 1.165) is 31.6 Å². The van der Waals surface area contributed by atoms with Crippen LogP contribution in [0.25, 0.3) is 0 Å². The first-order chi connectivity index (χ1) is 10.3. The van der Waals surface area contributed by atoms with Crippen molar-refractivity contribution in [3.63, 3.8) is 0 Å². The first kappa shape index (κ1) is 16.5. The van der Waals surface area contributed by atoms with Crippen LogP contribution in [0.5, 0.6) is 0 Å². The lowest BCUT2D eigenvalue weighted by atomic mass is 9.97. The van der Waals surface area contributed by atoms with Crippen LogP contribution in [0.4, 0.5) is 16.2 Å². The SMILES string of the molecule is CC(C)(C)NC(=O)OCC1CCN(c2ccc(N)cc2)CC1. The average Bonchev–Trinajstić information content (AvgIpc) is 2.45. The van der Waals surface area contributed by atoms with Crippen molar-refractivity contribution in [1.29, 1.82) is 0 Å². The van der Waals surface area contributed by atoms with Crippen LogP contribution in [0.15, 0.2) is 24.3 Å². The number of nitrogens with two attached hydrogens (primary N) is 1. The number of ether oxygens (including phenoxy) is 1. The summed E-state index contributed by atoms with van der Waals surface area (Å²) in [6.07, 6.45) is 1.74. The number of nitrogens with one attached hydrogen (secondary N) is 1. The Balaban J connectivity index is 1.73. The minimum Gasteiger partial charge on any atom is -0.449 e. The van der Waals surface area contributed by atoms with Crippen LogP contribution >= 0.6 is 0 Å². The Morgan fingerprint density at radius 1 is 1.27 bits per heavy atom. The Hall–Kier alpha value is -1.91. The number of piperidine rings is 1. The summed E-state index contributed by atoms with van der Waals surface area (Å²) in [5.41, 5.74) is 7.46. The normalized spacial score (nSPS) is 16.4. The van der Waals surface area contributed by atoms with Gasteiger partial charge in [0, 0.05) is 30.0 Å². The number of alkyl carbamates (subject to hydrolysis) is 1. The Bertz CT molecular complexity index is 486. The van der Waals surface area contributed by atoms with Crippen LogP contribution in [-0.2, 0) is 4.74 Å². The number of rotatable bonds is 3. The van der Waals surface area contributed by atoms with Crippen LogP contribution in [-0.4, -0.2) is 31.3 Å². The fourth-order valence-electron chi connectivity index (χ4n) is 2.58. The Labute approximate surface area is 132 Å². The van der Waals surface area contributed by atoms with Crippen LogP contribution < -0.4 is 16.0 Å². The van der Waals surface area contributed by atoms with Gasteiger partial charge in [0.1, 0.15) is 0 Å². The summed E-state index contributed by atoms with van der Waals surface area (Å²) < 4.78 is 5.33. The average molecular weight is 305 g/mol. The molecule has 122 valence electrons. The zero-order valence-corrected chi connectivity index (χ0v) is 13.8. The van der Waals surface area contributed by atoms with E-state index in [1.807, 2.05) is 32.9 Å². The molecule has 22 heavy (non-hydrogen) atoms. The maximum atomic E-state index is 11.7. The lowest BCUT2D eigenvalue weighted by Crippen LogP contribution is -2.42. The molecule has 5 heteroatoms. The molecule has 2 rings (SSSR count). The van der Waals surface area contributed by atoms with Crippen molar-refractivity contribution < 1.29 is 9.53 Å². The summed E-state index contributed by atoms with van der Waals surface area (Å²) in [4.78, 5) is 14.0. The van der Waals surface area contributed by atoms with Gasteiger partial charge >= 0.3 is 6.09 Å². The summed E-state index contributed by atoms with van der Waals surface area (Å²) in [6.45, 7) is 8.30. The van der Waals surface area contributed by atoms with E-state index in [9.17, 15) is 4.79 Å². The van der Waals surface area contributed by atoms with Crippen LogP contribution in [0, 0.1) is 5.92 Å². The van der Waals surface area contributed by atoms with Crippen molar-refractivity contribution in [3.8, 4) is 0 Å². The van der Waals surface area contributed by atoms with Gasteiger partial charge in [-0.1, -0.05) is 0 Å². The molecule has 1 aromatic rings. The summed E-state index contributed by atoms with van der Waals surface area (Å²) >= 11 is 0. The van der Waals surface area contributed by atoms with E-state index in [4.69, 9.17) is 10.5 Å². The number of anilines is 2. The molecule has 0 atom stereocenters. The fourth-order valence-corrected chi connectivity index (χ4v) is 2.58. The molecule has 1 saturated heterocycles. The number of hydrogen-bond donors (Lipinski definition) is 2. The Kier molecular flexibility index (Phi) is 5.16. The zero-order chi connectivity index (χ0) is 16.2. The van der Waals surface area contributed by atoms with Gasteiger partial charge in [0.15, 0.2) is 0 Å². The molecule has 1 heterocycles. The van der Waals surface area contributed by atoms with Gasteiger partial charge < -0.3 is 20.7 Å². The van der Waals surface area contributed by atoms with Gasteiger partial charge in [0.25, 0.3) is 0 Å². The third-order valence-corrected chi connectivity index (χ3v) is 3.80. The monoisotopic (exact) mass is 305 g/mol. The number of benzene rings is 1. The van der Waals surface area contributed by atoms with E-state index >= 15 is 0 Å². The molecule has 0 unspecified atom stereocenters. The number of nitrogens with zero attached hydrogens (tertiary/aromatic N) is 1. The van der Waals surface area contributed by atoms with Crippen LogP contribution in [0.2, 0.25) is 0 Å². The third-order valence-electron chi connectivity index (χ3n) is 3.80. The molecule has 1 aliphatic rings. The predicted molar refractivity (Wildman–Crippen MR) is 90.0 cm³/mol. The van der Waals surface area contributed by atoms with Gasteiger partial charge in [-0.3, -0.25) is 0 Å². The fraction of sp³-hybridized carbons (Fsp3) is 0.588. The molecule has 5 nitrogen and oxygen atoms in total. The van der Waals surface area contributed by atoms with Gasteiger partial charge in [-0.05, 0) is 63.8 Å². The van der Waals surface area contributed by atoms with Gasteiger partial charge in [0.05, 0.1) is 6.61 Å². The Morgan fingerprint density at radius 3 is 2.41 bits per heavy atom. The molecule has 0 radical (unpaired) electrons. The van der Waals surface area contributed by atoms with Crippen molar-refractivity contribution in [2.75, 3.05) is 30.3 Å². The standard InChI is InChI=1S/C17H27N3O2/c1-17(2,3)19-16(21)22-12-13-8-10-20(11-9-13)15-6-4-14(18)5-7-15/h4-7,13H,8-12,18H2,1-3H3,(H,19,21). The highest BCUT2D eigenvalue weighted by molar-refractivity contribution is 5.68. The molecule has 1 aromatic carbocycles. The summed E-state index contributed by atoms with van der Waals surface area (Å²) in [5.74, 6) is 0.441. The van der Waals surface area contributed by atoms with Gasteiger partial charge in [-0.2, -0.15) is 0 Å². The van der Waals surface area contributed by atoms with Gasteiger partial charge in [-0.15, -0.1) is 0 Å². The van der Waals surface area contributed by atoms with Crippen LogP contribution in [0.1, 0.15) is 33.6 Å². The number of nitrogen functional groups attached to an aromatic ring is 1. The Morgan fingerprint density at radius 2 is 1.86 bits per heavy atom. The zero-order valence-electron chi connectivity index (χ0n) is 13.8. The molecule has 1 amide bonds. The van der Waals surface area contributed by atoms with Gasteiger partial charge in [0.2, 0.25) is 0 Å². The first-order valence-corrected chi connectivity index (χ1v) is 7.89. The summed E-state index contributed by atoms with van der Waals surface area (Å²) in [7, 11) is 0. The third kappa shape index (κ3) is 5.13. The molecular formula is C17H27N3O2. The number of carbonyl (C=O) groups is 1. The summed E-state index contributed by atoms with van der Waals surface area (Å²) in [6, 6.07) is 7.98. The smallest absolute Gasteiger partial charge is 0.407 e. The van der Waals surface area contributed by atoms with Crippen LogP contribution in [0.3, 0.4) is 0 Å². The first-order valence-electron chi connectivity index (χ1n) is 7.89. The molecule has 1 fully saturated rings. The summed E-state index contributed by atoms with van der Waals surface area (Å²) in [5, 5.41) is 2.82. The molecule has 3 N–H and O–H groups in total. The minimum atomic E-state index is -0.325. The predicted octanol–water partition coefficient (Wildman–Crippen LogP) is 3.01. The second-order valence-electron chi connectivity index (χ2n) is 7.00. The van der Waals surface area contributed by atoms with Crippen molar-refractivity contribution in [3.05, 3.63) is 24.3 Å². The molecule has 0 aromatic heterocycles. The quantitative estimate of drug-likeness (QED) is 0.842. The maximum Gasteiger partial charge on any atom is 0.407 e. The highest BCUT2D eigenvalue weighted by Gasteiger charge is 2.22. The second kappa shape index (κ2) is 6.90. The lowest BCUT2D eigenvalue weighted by molar-refractivity contribution is 0.113. The molecule has 0 saturated carbocycles. The topological polar surface area (TPSA) is 67.6 Å². The van der Waals surface area contributed by atoms with E-state index in [-0.39, 0.29) is 11.6 Å². The lowest BCUT2D eigenvalue weighted by Gasteiger charge is -2.33. The highest BCUT2D eigenvalue weighted by atomic mass is 16.5. The largest absolute Gasteiger partial charge is 0.449 e. The van der Waals surface area contributed by atoms with Crippen molar-refractivity contribution in [2.45, 2.75) is 39.2 Å². The number of amides is 1. The van der Waals surface area contributed by atoms with Crippen molar-refractivity contribution >= 4 is 17.5 Å². The highest BCUT2D eigenvalue weighted by Crippen LogP contribution is 2.24. The van der Waals surface area contributed by atoms with E-state index in [2.05, 4.69) is 22.3 Å². The van der Waals surface area contributed by atoms with E-state index in [1.165, 1.54) is 5.69 Å². The number of hydrogen-bond acceptors (Lipinski definition) is 4. The molecule has 0 bridgehead atoms. The van der Waals surface area contributed by atoms with E-state index in [0.29, 0.717) is 12.5 Å². The van der Waals surface area contributed by atoms with Crippen molar-refractivity contribution in [2.24, 2.45) is 5.92 Å². The van der Waals surface area contributed by atoms with E-state index in [1.54, 1.807) is 0 Å². The van der Waals surface area contributed by atoms with E-state index < -0.39 is 0 Å². The second-order valence-corrected chi connectivity index (χ2v) is 7.00. The minimum absolute atomic E-state index is 0.254. The molecular weight excluding hydrogens is 278 g/mol. The molecule has 1 aliphatic heterocycles. The number of carbonyl (C=O) groups excluding carboxylic acids is 1. The van der Waals surface area contributed by atoms with Gasteiger partial charge in [-0.25, -0.2) is 4.79 Å². The molecule has 0 aliphatic carbocycles. The maximum absolute atomic E-state index is 11.7. The van der Waals surface area contributed by atoms with Crippen molar-refractivity contribution in [1.82, 2.24) is 5.32 Å². The molecule has 0 spiro atoms.